The van der Waals surface area contributed by atoms with E-state index in [0.717, 1.165) is 22.3 Å². The quantitative estimate of drug-likeness (QED) is 0.707. The lowest BCUT2D eigenvalue weighted by atomic mass is 9.96. The van der Waals surface area contributed by atoms with Crippen LogP contribution in [0.2, 0.25) is 0 Å². The van der Waals surface area contributed by atoms with E-state index in [1.165, 1.54) is 7.11 Å². The average molecular weight is 357 g/mol. The lowest BCUT2D eigenvalue weighted by Crippen LogP contribution is -2.02. The first kappa shape index (κ1) is 18.2. The van der Waals surface area contributed by atoms with E-state index in [1.54, 1.807) is 24.3 Å². The second kappa shape index (κ2) is 7.30. The molecule has 0 aliphatic heterocycles. The van der Waals surface area contributed by atoms with Crippen LogP contribution in [-0.4, -0.2) is 18.1 Å². The van der Waals surface area contributed by atoms with Gasteiger partial charge in [-0.15, -0.1) is 0 Å². The molecule has 0 radical (unpaired) electrons. The van der Waals surface area contributed by atoms with Gasteiger partial charge in [-0.2, -0.15) is 5.26 Å². The first-order valence-electron chi connectivity index (χ1n) is 8.41. The van der Waals surface area contributed by atoms with Crippen molar-refractivity contribution < 1.29 is 9.53 Å². The molecule has 134 valence electrons. The fourth-order valence-electron chi connectivity index (χ4n) is 3.05. The zero-order valence-corrected chi connectivity index (χ0v) is 15.4. The molecule has 0 aliphatic rings. The van der Waals surface area contributed by atoms with Gasteiger partial charge < -0.3 is 10.5 Å². The van der Waals surface area contributed by atoms with Gasteiger partial charge in [-0.1, -0.05) is 35.9 Å². The van der Waals surface area contributed by atoms with Crippen LogP contribution in [0.3, 0.4) is 0 Å². The van der Waals surface area contributed by atoms with E-state index in [1.807, 2.05) is 32.0 Å². The largest absolute Gasteiger partial charge is 0.465 e. The summed E-state index contributed by atoms with van der Waals surface area (Å²) in [6.45, 7) is 4.05. The van der Waals surface area contributed by atoms with Gasteiger partial charge in [0.2, 0.25) is 0 Å². The van der Waals surface area contributed by atoms with Crippen molar-refractivity contribution in [2.24, 2.45) is 0 Å². The number of pyridine rings is 1. The molecule has 0 aliphatic carbocycles. The summed E-state index contributed by atoms with van der Waals surface area (Å²) in [4.78, 5) is 16.1. The highest BCUT2D eigenvalue weighted by atomic mass is 16.5. The van der Waals surface area contributed by atoms with Crippen LogP contribution in [0.4, 0.5) is 5.82 Å². The molecule has 1 aromatic heterocycles. The van der Waals surface area contributed by atoms with E-state index in [2.05, 4.69) is 17.1 Å². The SMILES string of the molecule is COC(=O)c1ccc(-c2cc(-c3ccc(C)cc3C)nc(N)c2C#N)cc1. The van der Waals surface area contributed by atoms with Gasteiger partial charge in [0.25, 0.3) is 0 Å². The Morgan fingerprint density at radius 3 is 2.37 bits per heavy atom. The van der Waals surface area contributed by atoms with E-state index in [0.29, 0.717) is 22.4 Å². The monoisotopic (exact) mass is 357 g/mol. The Morgan fingerprint density at radius 2 is 1.78 bits per heavy atom. The summed E-state index contributed by atoms with van der Waals surface area (Å²) in [6.07, 6.45) is 0. The molecule has 0 amide bonds. The Bertz CT molecular complexity index is 1060. The first-order chi connectivity index (χ1) is 12.9. The van der Waals surface area contributed by atoms with Crippen molar-refractivity contribution >= 4 is 11.8 Å². The number of ether oxygens (including phenoxy) is 1. The van der Waals surface area contributed by atoms with E-state index in [-0.39, 0.29) is 5.82 Å². The minimum atomic E-state index is -0.410. The van der Waals surface area contributed by atoms with Crippen LogP contribution in [0, 0.1) is 25.2 Å². The summed E-state index contributed by atoms with van der Waals surface area (Å²) in [5, 5.41) is 9.55. The molecule has 3 aromatic rings. The molecule has 0 fully saturated rings. The first-order valence-corrected chi connectivity index (χ1v) is 8.41. The maximum absolute atomic E-state index is 11.6. The van der Waals surface area contributed by atoms with Crippen LogP contribution in [0.5, 0.6) is 0 Å². The standard InChI is InChI=1S/C22H19N3O2/c1-13-4-9-17(14(2)10-13)20-11-18(19(12-23)21(24)25-20)15-5-7-16(8-6-15)22(26)27-3/h4-11H,1-3H3,(H2,24,25). The minimum absolute atomic E-state index is 0.182. The molecule has 0 bridgehead atoms. The van der Waals surface area contributed by atoms with E-state index in [9.17, 15) is 10.1 Å². The summed E-state index contributed by atoms with van der Waals surface area (Å²) in [5.41, 5.74) is 12.2. The topological polar surface area (TPSA) is 89.0 Å². The maximum atomic E-state index is 11.6. The number of aryl methyl sites for hydroxylation is 2. The number of benzene rings is 2. The highest BCUT2D eigenvalue weighted by Crippen LogP contribution is 2.32. The second-order valence-corrected chi connectivity index (χ2v) is 6.31. The van der Waals surface area contributed by atoms with Crippen LogP contribution in [-0.2, 0) is 4.74 Å². The normalized spacial score (nSPS) is 10.3. The van der Waals surface area contributed by atoms with Crippen molar-refractivity contribution in [2.75, 3.05) is 12.8 Å². The summed E-state index contributed by atoms with van der Waals surface area (Å²) >= 11 is 0. The van der Waals surface area contributed by atoms with E-state index in [4.69, 9.17) is 10.5 Å². The van der Waals surface area contributed by atoms with Gasteiger partial charge >= 0.3 is 5.97 Å². The molecule has 0 spiro atoms. The predicted molar refractivity (Wildman–Crippen MR) is 105 cm³/mol. The Labute approximate surface area is 158 Å². The summed E-state index contributed by atoms with van der Waals surface area (Å²) in [6, 6.07) is 17.0. The second-order valence-electron chi connectivity index (χ2n) is 6.31. The third-order valence-corrected chi connectivity index (χ3v) is 4.43. The molecule has 3 rings (SSSR count). The number of methoxy groups -OCH3 is 1. The van der Waals surface area contributed by atoms with Crippen LogP contribution in [0.25, 0.3) is 22.4 Å². The Hall–Kier alpha value is -3.65. The Kier molecular flexibility index (Phi) is 4.91. The van der Waals surface area contributed by atoms with Gasteiger partial charge in [0, 0.05) is 11.1 Å². The molecule has 27 heavy (non-hydrogen) atoms. The third-order valence-electron chi connectivity index (χ3n) is 4.43. The van der Waals surface area contributed by atoms with Gasteiger partial charge in [-0.3, -0.25) is 0 Å². The Morgan fingerprint density at radius 1 is 1.07 bits per heavy atom. The molecule has 0 saturated carbocycles. The van der Waals surface area contributed by atoms with Gasteiger partial charge in [0.1, 0.15) is 17.5 Å². The van der Waals surface area contributed by atoms with Crippen molar-refractivity contribution in [1.82, 2.24) is 4.98 Å². The number of esters is 1. The number of nitrogens with zero attached hydrogens (tertiary/aromatic N) is 2. The highest BCUT2D eigenvalue weighted by molar-refractivity contribution is 5.90. The van der Waals surface area contributed by atoms with E-state index >= 15 is 0 Å². The highest BCUT2D eigenvalue weighted by Gasteiger charge is 2.15. The summed E-state index contributed by atoms with van der Waals surface area (Å²) < 4.78 is 4.72. The van der Waals surface area contributed by atoms with Crippen molar-refractivity contribution in [3.05, 3.63) is 70.8 Å². The van der Waals surface area contributed by atoms with Crippen molar-refractivity contribution in [3.8, 4) is 28.5 Å². The lowest BCUT2D eigenvalue weighted by Gasteiger charge is -2.12. The smallest absolute Gasteiger partial charge is 0.337 e. The number of nitriles is 1. The van der Waals surface area contributed by atoms with Crippen LogP contribution in [0.15, 0.2) is 48.5 Å². The molecular weight excluding hydrogens is 338 g/mol. The van der Waals surface area contributed by atoms with Gasteiger partial charge in [-0.25, -0.2) is 9.78 Å². The number of hydrogen-bond donors (Lipinski definition) is 1. The van der Waals surface area contributed by atoms with Gasteiger partial charge in [0.15, 0.2) is 0 Å². The number of carbonyl (C=O) groups excluding carboxylic acids is 1. The number of carbonyl (C=O) groups is 1. The van der Waals surface area contributed by atoms with Crippen molar-refractivity contribution in [3.63, 3.8) is 0 Å². The fourth-order valence-corrected chi connectivity index (χ4v) is 3.05. The van der Waals surface area contributed by atoms with Gasteiger partial charge in [-0.05, 0) is 43.2 Å². The van der Waals surface area contributed by atoms with Crippen LogP contribution in [0.1, 0.15) is 27.0 Å². The number of nitrogen functional groups attached to an aromatic ring is 1. The van der Waals surface area contributed by atoms with Crippen molar-refractivity contribution in [1.29, 1.82) is 5.26 Å². The molecule has 5 nitrogen and oxygen atoms in total. The molecule has 0 saturated heterocycles. The molecule has 0 atom stereocenters. The predicted octanol–water partition coefficient (Wildman–Crippen LogP) is 4.27. The molecule has 2 aromatic carbocycles. The lowest BCUT2D eigenvalue weighted by molar-refractivity contribution is 0.0601. The number of aromatic nitrogens is 1. The van der Waals surface area contributed by atoms with Crippen LogP contribution >= 0.6 is 0 Å². The zero-order chi connectivity index (χ0) is 19.6. The molecular formula is C22H19N3O2. The molecule has 1 heterocycles. The minimum Gasteiger partial charge on any atom is -0.465 e. The summed E-state index contributed by atoms with van der Waals surface area (Å²) in [7, 11) is 1.34. The average Bonchev–Trinajstić information content (AvgIpc) is 2.67. The maximum Gasteiger partial charge on any atom is 0.337 e. The van der Waals surface area contributed by atoms with Crippen LogP contribution < -0.4 is 5.73 Å². The summed E-state index contributed by atoms with van der Waals surface area (Å²) in [5.74, 6) is -0.228. The molecule has 2 N–H and O–H groups in total. The molecule has 0 unspecified atom stereocenters. The number of anilines is 1. The molecule has 5 heteroatoms. The van der Waals surface area contributed by atoms with E-state index < -0.39 is 5.97 Å². The number of hydrogen-bond acceptors (Lipinski definition) is 5. The van der Waals surface area contributed by atoms with Gasteiger partial charge in [0.05, 0.1) is 18.4 Å². The fraction of sp³-hybridized carbons (Fsp3) is 0.136. The number of rotatable bonds is 3. The van der Waals surface area contributed by atoms with Crippen molar-refractivity contribution in [2.45, 2.75) is 13.8 Å². The third kappa shape index (κ3) is 3.51. The Balaban J connectivity index is 2.16. The number of nitrogens with two attached hydrogens (primary N) is 1. The zero-order valence-electron chi connectivity index (χ0n) is 15.4.